The molecule has 0 bridgehead atoms. The summed E-state index contributed by atoms with van der Waals surface area (Å²) in [5.74, 6) is 1.53. The van der Waals surface area contributed by atoms with Gasteiger partial charge in [0.2, 0.25) is 0 Å². The van der Waals surface area contributed by atoms with E-state index in [4.69, 9.17) is 9.47 Å². The van der Waals surface area contributed by atoms with Gasteiger partial charge in [-0.15, -0.1) is 0 Å². The van der Waals surface area contributed by atoms with E-state index >= 15 is 0 Å². The monoisotopic (exact) mass is 290 g/mol. The van der Waals surface area contributed by atoms with Gasteiger partial charge in [-0.2, -0.15) is 0 Å². The Morgan fingerprint density at radius 3 is 2.50 bits per heavy atom. The van der Waals surface area contributed by atoms with Gasteiger partial charge in [-0.05, 0) is 41.8 Å². The van der Waals surface area contributed by atoms with E-state index in [0.29, 0.717) is 5.75 Å². The summed E-state index contributed by atoms with van der Waals surface area (Å²) in [6.07, 6.45) is 1.14. The second-order valence-electron chi connectivity index (χ2n) is 4.68. The van der Waals surface area contributed by atoms with Crippen LogP contribution in [0.5, 0.6) is 17.2 Å². The average molecular weight is 290 g/mol. The summed E-state index contributed by atoms with van der Waals surface area (Å²) in [6.45, 7) is 3.39. The number of rotatable bonds is 4. The van der Waals surface area contributed by atoms with Crippen molar-refractivity contribution >= 4 is 16.7 Å². The normalized spacial score (nSPS) is 10.2. The lowest BCUT2D eigenvalue weighted by molar-refractivity contribution is -0.128. The van der Waals surface area contributed by atoms with Gasteiger partial charge in [-0.1, -0.05) is 36.9 Å². The van der Waals surface area contributed by atoms with Crippen LogP contribution in [0.1, 0.15) is 0 Å². The maximum atomic E-state index is 11.3. The van der Waals surface area contributed by atoms with Crippen molar-refractivity contribution < 1.29 is 14.3 Å². The van der Waals surface area contributed by atoms with Gasteiger partial charge in [0.05, 0.1) is 0 Å². The topological polar surface area (TPSA) is 35.5 Å². The number of fused-ring (bicyclic) bond motifs is 1. The van der Waals surface area contributed by atoms with Crippen LogP contribution in [0, 0.1) is 0 Å². The molecule has 3 rings (SSSR count). The molecule has 0 spiro atoms. The molecular weight excluding hydrogens is 276 g/mol. The molecule has 0 radical (unpaired) electrons. The lowest BCUT2D eigenvalue weighted by Crippen LogP contribution is -2.02. The van der Waals surface area contributed by atoms with E-state index < -0.39 is 5.97 Å². The molecule has 0 saturated carbocycles. The number of benzene rings is 3. The van der Waals surface area contributed by atoms with Gasteiger partial charge in [-0.25, -0.2) is 4.79 Å². The molecule has 0 heterocycles. The van der Waals surface area contributed by atoms with E-state index in [1.807, 2.05) is 54.6 Å². The van der Waals surface area contributed by atoms with E-state index in [-0.39, 0.29) is 0 Å². The number of hydrogen-bond acceptors (Lipinski definition) is 3. The molecule has 3 aromatic carbocycles. The van der Waals surface area contributed by atoms with Crippen LogP contribution in [-0.4, -0.2) is 5.97 Å². The summed E-state index contributed by atoms with van der Waals surface area (Å²) in [6, 6.07) is 20.8. The molecule has 0 aromatic heterocycles. The third-order valence-corrected chi connectivity index (χ3v) is 3.17. The highest BCUT2D eigenvalue weighted by Gasteiger charge is 2.06. The molecule has 0 amide bonds. The first-order valence-electron chi connectivity index (χ1n) is 6.86. The van der Waals surface area contributed by atoms with Gasteiger partial charge < -0.3 is 9.47 Å². The predicted octanol–water partition coefficient (Wildman–Crippen LogP) is 4.72. The number of ether oxygens (including phenoxy) is 2. The van der Waals surface area contributed by atoms with E-state index in [2.05, 4.69) is 6.58 Å². The molecular formula is C19H14O3. The number of esters is 1. The van der Waals surface area contributed by atoms with Crippen molar-refractivity contribution in [1.29, 1.82) is 0 Å². The van der Waals surface area contributed by atoms with E-state index in [0.717, 1.165) is 28.3 Å². The SMILES string of the molecule is C=CC(=O)Oc1ccc2c(Oc3ccccc3)cccc2c1. The molecule has 0 aliphatic rings. The maximum Gasteiger partial charge on any atom is 0.335 e. The Labute approximate surface area is 128 Å². The lowest BCUT2D eigenvalue weighted by Gasteiger charge is -2.10. The molecule has 108 valence electrons. The van der Waals surface area contributed by atoms with Crippen molar-refractivity contribution in [3.63, 3.8) is 0 Å². The Balaban J connectivity index is 1.95. The van der Waals surface area contributed by atoms with Gasteiger partial charge in [0.25, 0.3) is 0 Å². The predicted molar refractivity (Wildman–Crippen MR) is 86.3 cm³/mol. The highest BCUT2D eigenvalue weighted by atomic mass is 16.5. The number of carbonyl (C=O) groups excluding carboxylic acids is 1. The zero-order valence-electron chi connectivity index (χ0n) is 11.9. The minimum Gasteiger partial charge on any atom is -0.457 e. The molecule has 0 N–H and O–H groups in total. The Morgan fingerprint density at radius 1 is 0.909 bits per heavy atom. The van der Waals surface area contributed by atoms with Gasteiger partial charge in [0.15, 0.2) is 0 Å². The van der Waals surface area contributed by atoms with Gasteiger partial charge in [0.1, 0.15) is 17.2 Å². The second-order valence-corrected chi connectivity index (χ2v) is 4.68. The van der Waals surface area contributed by atoms with Crippen molar-refractivity contribution in [2.24, 2.45) is 0 Å². The average Bonchev–Trinajstić information content (AvgIpc) is 2.56. The van der Waals surface area contributed by atoms with Crippen LogP contribution < -0.4 is 9.47 Å². The van der Waals surface area contributed by atoms with Gasteiger partial charge >= 0.3 is 5.97 Å². The largest absolute Gasteiger partial charge is 0.457 e. The molecule has 22 heavy (non-hydrogen) atoms. The van der Waals surface area contributed by atoms with Crippen molar-refractivity contribution in [1.82, 2.24) is 0 Å². The second kappa shape index (κ2) is 6.14. The zero-order chi connectivity index (χ0) is 15.4. The number of hydrogen-bond donors (Lipinski definition) is 0. The third kappa shape index (κ3) is 2.99. The van der Waals surface area contributed by atoms with Gasteiger partial charge in [0, 0.05) is 11.5 Å². The molecule has 0 fully saturated rings. The van der Waals surface area contributed by atoms with Crippen LogP contribution in [0.4, 0.5) is 0 Å². The summed E-state index contributed by atoms with van der Waals surface area (Å²) in [7, 11) is 0. The van der Waals surface area contributed by atoms with E-state index in [9.17, 15) is 4.79 Å². The Bertz CT molecular complexity index is 822. The molecule has 0 unspecified atom stereocenters. The fourth-order valence-electron chi connectivity index (χ4n) is 2.16. The Hall–Kier alpha value is -3.07. The fourth-order valence-corrected chi connectivity index (χ4v) is 2.16. The van der Waals surface area contributed by atoms with Crippen LogP contribution in [0.25, 0.3) is 10.8 Å². The summed E-state index contributed by atoms with van der Waals surface area (Å²) < 4.78 is 11.0. The van der Waals surface area contributed by atoms with Crippen LogP contribution in [-0.2, 0) is 4.79 Å². The molecule has 3 aromatic rings. The Morgan fingerprint density at radius 2 is 1.73 bits per heavy atom. The first kappa shape index (κ1) is 13.9. The first-order chi connectivity index (χ1) is 10.8. The number of para-hydroxylation sites is 1. The van der Waals surface area contributed by atoms with Gasteiger partial charge in [-0.3, -0.25) is 0 Å². The van der Waals surface area contributed by atoms with Crippen molar-refractivity contribution in [2.75, 3.05) is 0 Å². The molecule has 0 aliphatic heterocycles. The molecule has 3 heteroatoms. The molecule has 3 nitrogen and oxygen atoms in total. The summed E-state index contributed by atoms with van der Waals surface area (Å²) in [5.41, 5.74) is 0. The molecule has 0 aliphatic carbocycles. The van der Waals surface area contributed by atoms with Crippen LogP contribution in [0.3, 0.4) is 0 Å². The lowest BCUT2D eigenvalue weighted by atomic mass is 10.1. The third-order valence-electron chi connectivity index (χ3n) is 3.17. The van der Waals surface area contributed by atoms with E-state index in [1.165, 1.54) is 0 Å². The quantitative estimate of drug-likeness (QED) is 0.396. The standard InChI is InChI=1S/C19H14O3/c1-2-19(20)22-16-11-12-17-14(13-16)7-6-10-18(17)21-15-8-4-3-5-9-15/h2-13H,1H2. The van der Waals surface area contributed by atoms with Crippen LogP contribution >= 0.6 is 0 Å². The first-order valence-corrected chi connectivity index (χ1v) is 6.86. The molecule has 0 atom stereocenters. The smallest absolute Gasteiger partial charge is 0.335 e. The van der Waals surface area contributed by atoms with Crippen molar-refractivity contribution in [3.8, 4) is 17.2 Å². The van der Waals surface area contributed by atoms with Crippen LogP contribution in [0.2, 0.25) is 0 Å². The highest BCUT2D eigenvalue weighted by Crippen LogP contribution is 2.31. The summed E-state index contributed by atoms with van der Waals surface area (Å²) in [5, 5.41) is 1.88. The molecule has 0 saturated heterocycles. The Kier molecular flexibility index (Phi) is 3.88. The minimum absolute atomic E-state index is 0.476. The fraction of sp³-hybridized carbons (Fsp3) is 0. The number of carbonyl (C=O) groups is 1. The minimum atomic E-state index is -0.476. The summed E-state index contributed by atoms with van der Waals surface area (Å²) in [4.78, 5) is 11.3. The highest BCUT2D eigenvalue weighted by molar-refractivity contribution is 5.91. The van der Waals surface area contributed by atoms with E-state index in [1.54, 1.807) is 12.1 Å². The van der Waals surface area contributed by atoms with Crippen molar-refractivity contribution in [3.05, 3.63) is 79.4 Å². The summed E-state index contributed by atoms with van der Waals surface area (Å²) >= 11 is 0. The van der Waals surface area contributed by atoms with Crippen molar-refractivity contribution in [2.45, 2.75) is 0 Å². The zero-order valence-corrected chi connectivity index (χ0v) is 11.9. The van der Waals surface area contributed by atoms with Crippen LogP contribution in [0.15, 0.2) is 79.4 Å². The maximum absolute atomic E-state index is 11.3.